The number of H-pyrrole nitrogens is 1. The first kappa shape index (κ1) is 11.8. The average Bonchev–Trinajstić information content (AvgIpc) is 2.81. The first-order chi connectivity index (χ1) is 9.05. The number of hydrogen-bond acceptors (Lipinski definition) is 1. The number of benzene rings is 2. The highest BCUT2D eigenvalue weighted by Crippen LogP contribution is 2.33. The molecular weight excluding hydrogens is 253 g/mol. The van der Waals surface area contributed by atoms with Crippen LogP contribution in [0.15, 0.2) is 48.5 Å². The molecule has 0 aliphatic heterocycles. The van der Waals surface area contributed by atoms with Crippen LogP contribution in [0.3, 0.4) is 0 Å². The van der Waals surface area contributed by atoms with Gasteiger partial charge in [-0.25, -0.2) is 0 Å². The Morgan fingerprint density at radius 1 is 0.947 bits per heavy atom. The zero-order chi connectivity index (χ0) is 13.5. The van der Waals surface area contributed by atoms with E-state index in [1.807, 2.05) is 30.3 Å². The molecule has 5 heteroatoms. The van der Waals surface area contributed by atoms with E-state index >= 15 is 0 Å². The highest BCUT2D eigenvalue weighted by Gasteiger charge is 2.30. The minimum absolute atomic E-state index is 0.383. The topological polar surface area (TPSA) is 28.7 Å². The third-order valence-electron chi connectivity index (χ3n) is 2.94. The maximum absolute atomic E-state index is 12.6. The van der Waals surface area contributed by atoms with Crippen LogP contribution in [0.5, 0.6) is 0 Å². The molecule has 1 heterocycles. The van der Waals surface area contributed by atoms with Gasteiger partial charge in [-0.2, -0.15) is 18.3 Å². The van der Waals surface area contributed by atoms with Crippen molar-refractivity contribution in [3.63, 3.8) is 0 Å². The summed E-state index contributed by atoms with van der Waals surface area (Å²) in [4.78, 5) is 0. The van der Waals surface area contributed by atoms with Crippen molar-refractivity contribution in [1.29, 1.82) is 0 Å². The van der Waals surface area contributed by atoms with E-state index in [0.717, 1.165) is 17.7 Å². The van der Waals surface area contributed by atoms with E-state index in [9.17, 15) is 13.2 Å². The van der Waals surface area contributed by atoms with Crippen LogP contribution in [-0.4, -0.2) is 10.2 Å². The monoisotopic (exact) mass is 262 g/mol. The first-order valence-corrected chi connectivity index (χ1v) is 5.66. The molecule has 2 nitrogen and oxygen atoms in total. The van der Waals surface area contributed by atoms with Crippen molar-refractivity contribution < 1.29 is 13.2 Å². The lowest BCUT2D eigenvalue weighted by molar-refractivity contribution is -0.137. The predicted molar refractivity (Wildman–Crippen MR) is 66.5 cm³/mol. The van der Waals surface area contributed by atoms with Gasteiger partial charge in [0.15, 0.2) is 0 Å². The number of rotatable bonds is 1. The molecule has 0 aliphatic rings. The fourth-order valence-corrected chi connectivity index (χ4v) is 2.01. The van der Waals surface area contributed by atoms with Crippen LogP contribution in [0, 0.1) is 0 Å². The number of alkyl halides is 3. The van der Waals surface area contributed by atoms with Crippen molar-refractivity contribution in [2.24, 2.45) is 0 Å². The number of halogens is 3. The maximum Gasteiger partial charge on any atom is 0.416 e. The van der Waals surface area contributed by atoms with Crippen molar-refractivity contribution in [1.82, 2.24) is 10.2 Å². The number of nitrogens with one attached hydrogen (secondary N) is 1. The Morgan fingerprint density at radius 3 is 2.37 bits per heavy atom. The molecule has 1 N–H and O–H groups in total. The van der Waals surface area contributed by atoms with Crippen molar-refractivity contribution in [2.45, 2.75) is 6.18 Å². The Labute approximate surface area is 106 Å². The summed E-state index contributed by atoms with van der Waals surface area (Å²) in [5.41, 5.74) is 1.23. The summed E-state index contributed by atoms with van der Waals surface area (Å²) in [7, 11) is 0. The minimum Gasteiger partial charge on any atom is -0.277 e. The minimum atomic E-state index is -4.34. The standard InChI is InChI=1S/C14H9F3N2/c15-14(16,17)10-6-7-11-12(8-10)18-19-13(11)9-4-2-1-3-5-9/h1-8H,(H,18,19). The number of hydrogen-bond donors (Lipinski definition) is 1. The Bertz CT molecular complexity index is 714. The number of fused-ring (bicyclic) bond motifs is 1. The summed E-state index contributed by atoms with van der Waals surface area (Å²) >= 11 is 0. The molecule has 0 spiro atoms. The molecule has 0 atom stereocenters. The Balaban J connectivity index is 2.16. The van der Waals surface area contributed by atoms with E-state index in [-0.39, 0.29) is 0 Å². The van der Waals surface area contributed by atoms with Crippen LogP contribution >= 0.6 is 0 Å². The Hall–Kier alpha value is -2.30. The van der Waals surface area contributed by atoms with Gasteiger partial charge in [0.2, 0.25) is 0 Å². The highest BCUT2D eigenvalue weighted by atomic mass is 19.4. The molecule has 0 bridgehead atoms. The van der Waals surface area contributed by atoms with E-state index in [0.29, 0.717) is 16.6 Å². The smallest absolute Gasteiger partial charge is 0.277 e. The molecule has 0 saturated heterocycles. The highest BCUT2D eigenvalue weighted by molar-refractivity contribution is 5.93. The van der Waals surface area contributed by atoms with Gasteiger partial charge in [-0.05, 0) is 18.2 Å². The van der Waals surface area contributed by atoms with Crippen LogP contribution in [0.4, 0.5) is 13.2 Å². The summed E-state index contributed by atoms with van der Waals surface area (Å²) in [6.07, 6.45) is -4.34. The lowest BCUT2D eigenvalue weighted by Crippen LogP contribution is -2.04. The SMILES string of the molecule is FC(F)(F)c1ccc2c(-c3ccccc3)n[nH]c2c1. The fraction of sp³-hybridized carbons (Fsp3) is 0.0714. The quantitative estimate of drug-likeness (QED) is 0.697. The van der Waals surface area contributed by atoms with Crippen LogP contribution in [0.2, 0.25) is 0 Å². The van der Waals surface area contributed by atoms with Crippen molar-refractivity contribution in [3.8, 4) is 11.3 Å². The van der Waals surface area contributed by atoms with Gasteiger partial charge >= 0.3 is 6.18 Å². The molecule has 0 saturated carbocycles. The van der Waals surface area contributed by atoms with E-state index in [4.69, 9.17) is 0 Å². The van der Waals surface area contributed by atoms with Gasteiger partial charge < -0.3 is 0 Å². The third kappa shape index (κ3) is 2.07. The summed E-state index contributed by atoms with van der Waals surface area (Å²) < 4.78 is 37.8. The van der Waals surface area contributed by atoms with Crippen molar-refractivity contribution >= 4 is 10.9 Å². The van der Waals surface area contributed by atoms with E-state index in [2.05, 4.69) is 10.2 Å². The fourth-order valence-electron chi connectivity index (χ4n) is 2.01. The number of nitrogens with zero attached hydrogens (tertiary/aromatic N) is 1. The largest absolute Gasteiger partial charge is 0.416 e. The lowest BCUT2D eigenvalue weighted by atomic mass is 10.1. The van der Waals surface area contributed by atoms with Crippen molar-refractivity contribution in [3.05, 3.63) is 54.1 Å². The molecule has 0 aliphatic carbocycles. The zero-order valence-electron chi connectivity index (χ0n) is 9.70. The zero-order valence-corrected chi connectivity index (χ0v) is 9.70. The van der Waals surface area contributed by atoms with Crippen molar-refractivity contribution in [2.75, 3.05) is 0 Å². The molecule has 0 radical (unpaired) electrons. The van der Waals surface area contributed by atoms with Gasteiger partial charge in [-0.1, -0.05) is 30.3 Å². The van der Waals surface area contributed by atoms with Gasteiger partial charge in [0.05, 0.1) is 16.8 Å². The molecule has 2 aromatic carbocycles. The van der Waals surface area contributed by atoms with Gasteiger partial charge in [-0.3, -0.25) is 5.10 Å². The van der Waals surface area contributed by atoms with E-state index < -0.39 is 11.7 Å². The second-order valence-corrected chi connectivity index (χ2v) is 4.20. The lowest BCUT2D eigenvalue weighted by Gasteiger charge is -2.05. The van der Waals surface area contributed by atoms with Crippen LogP contribution in [-0.2, 0) is 6.18 Å². The summed E-state index contributed by atoms with van der Waals surface area (Å²) in [5, 5.41) is 7.43. The first-order valence-electron chi connectivity index (χ1n) is 5.66. The second kappa shape index (κ2) is 4.12. The maximum atomic E-state index is 12.6. The normalized spacial score (nSPS) is 11.9. The van der Waals surface area contributed by atoms with Gasteiger partial charge in [0.25, 0.3) is 0 Å². The second-order valence-electron chi connectivity index (χ2n) is 4.20. The van der Waals surface area contributed by atoms with Crippen LogP contribution in [0.1, 0.15) is 5.56 Å². The molecule has 1 aromatic heterocycles. The van der Waals surface area contributed by atoms with Crippen LogP contribution in [0.25, 0.3) is 22.2 Å². The van der Waals surface area contributed by atoms with E-state index in [1.54, 1.807) is 0 Å². The summed E-state index contributed by atoms with van der Waals surface area (Å²) in [5.74, 6) is 0. The Kier molecular flexibility index (Phi) is 2.55. The number of aromatic amines is 1. The summed E-state index contributed by atoms with van der Waals surface area (Å²) in [6.45, 7) is 0. The molecule has 0 fully saturated rings. The van der Waals surface area contributed by atoms with Gasteiger partial charge in [-0.15, -0.1) is 0 Å². The van der Waals surface area contributed by atoms with Gasteiger partial charge in [0.1, 0.15) is 0 Å². The molecular formula is C14H9F3N2. The average molecular weight is 262 g/mol. The predicted octanol–water partition coefficient (Wildman–Crippen LogP) is 4.25. The molecule has 19 heavy (non-hydrogen) atoms. The molecule has 3 rings (SSSR count). The molecule has 96 valence electrons. The van der Waals surface area contributed by atoms with Gasteiger partial charge in [0, 0.05) is 10.9 Å². The Morgan fingerprint density at radius 2 is 1.68 bits per heavy atom. The van der Waals surface area contributed by atoms with E-state index in [1.165, 1.54) is 6.07 Å². The molecule has 3 aromatic rings. The summed E-state index contributed by atoms with van der Waals surface area (Å²) in [6, 6.07) is 12.9. The number of aromatic nitrogens is 2. The molecule has 0 amide bonds. The third-order valence-corrected chi connectivity index (χ3v) is 2.94. The van der Waals surface area contributed by atoms with Crippen LogP contribution < -0.4 is 0 Å². The molecule has 0 unspecified atom stereocenters.